The molecule has 1 aromatic heterocycles. The van der Waals surface area contributed by atoms with Gasteiger partial charge in [-0.3, -0.25) is 4.79 Å². The number of piperazine rings is 1. The summed E-state index contributed by atoms with van der Waals surface area (Å²) in [4.78, 5) is 31.9. The fourth-order valence-electron chi connectivity index (χ4n) is 2.97. The first kappa shape index (κ1) is 18.9. The molecule has 2 aromatic rings. The standard InChI is InChI=1S/C19H23FN4O3/c1-2-21-19(26)24-11-9-23(10-12-24)18(25)8-7-17-22-13-16(27-17)14-3-5-15(20)6-4-14/h3-6,13H,2,7-12H2,1H3,(H,21,26). The van der Waals surface area contributed by atoms with Crippen LogP contribution in [0.25, 0.3) is 11.3 Å². The minimum atomic E-state index is -0.309. The van der Waals surface area contributed by atoms with Gasteiger partial charge in [0.15, 0.2) is 11.7 Å². The lowest BCUT2D eigenvalue weighted by Gasteiger charge is -2.34. The number of amides is 3. The molecule has 0 spiro atoms. The van der Waals surface area contributed by atoms with Crippen molar-refractivity contribution >= 4 is 11.9 Å². The van der Waals surface area contributed by atoms with E-state index in [0.29, 0.717) is 57.2 Å². The van der Waals surface area contributed by atoms with Gasteiger partial charge < -0.3 is 19.5 Å². The van der Waals surface area contributed by atoms with Gasteiger partial charge in [-0.25, -0.2) is 14.2 Å². The van der Waals surface area contributed by atoms with E-state index in [9.17, 15) is 14.0 Å². The van der Waals surface area contributed by atoms with E-state index in [2.05, 4.69) is 10.3 Å². The molecule has 1 aromatic carbocycles. The molecule has 0 atom stereocenters. The van der Waals surface area contributed by atoms with Crippen molar-refractivity contribution in [2.45, 2.75) is 19.8 Å². The molecule has 2 heterocycles. The number of carbonyl (C=O) groups is 2. The molecule has 27 heavy (non-hydrogen) atoms. The van der Waals surface area contributed by atoms with Crippen LogP contribution >= 0.6 is 0 Å². The summed E-state index contributed by atoms with van der Waals surface area (Å²) in [6.07, 6.45) is 2.28. The van der Waals surface area contributed by atoms with Crippen molar-refractivity contribution in [3.05, 3.63) is 42.2 Å². The topological polar surface area (TPSA) is 78.7 Å². The average molecular weight is 374 g/mol. The molecule has 0 bridgehead atoms. The maximum atomic E-state index is 13.0. The van der Waals surface area contributed by atoms with Crippen LogP contribution in [0.15, 0.2) is 34.9 Å². The number of carbonyl (C=O) groups excluding carboxylic acids is 2. The summed E-state index contributed by atoms with van der Waals surface area (Å²) in [7, 11) is 0. The molecule has 1 aliphatic heterocycles. The molecule has 0 radical (unpaired) electrons. The minimum absolute atomic E-state index is 0.0204. The number of aryl methyl sites for hydroxylation is 1. The zero-order valence-electron chi connectivity index (χ0n) is 15.3. The van der Waals surface area contributed by atoms with Gasteiger partial charge in [-0.15, -0.1) is 0 Å². The third-order valence-corrected chi connectivity index (χ3v) is 4.48. The van der Waals surface area contributed by atoms with E-state index in [4.69, 9.17) is 4.42 Å². The quantitative estimate of drug-likeness (QED) is 0.871. The molecule has 0 unspecified atom stereocenters. The Bertz CT molecular complexity index is 783. The first-order valence-electron chi connectivity index (χ1n) is 9.08. The lowest BCUT2D eigenvalue weighted by atomic mass is 10.2. The Morgan fingerprint density at radius 2 is 1.81 bits per heavy atom. The molecule has 0 aliphatic carbocycles. The van der Waals surface area contributed by atoms with Gasteiger partial charge in [-0.2, -0.15) is 0 Å². The molecular formula is C19H23FN4O3. The van der Waals surface area contributed by atoms with Crippen LogP contribution in [0.1, 0.15) is 19.2 Å². The molecule has 3 rings (SSSR count). The fraction of sp³-hybridized carbons (Fsp3) is 0.421. The largest absolute Gasteiger partial charge is 0.441 e. The smallest absolute Gasteiger partial charge is 0.317 e. The van der Waals surface area contributed by atoms with E-state index in [0.717, 1.165) is 5.56 Å². The predicted octanol–water partition coefficient (Wildman–Crippen LogP) is 2.29. The number of nitrogens with zero attached hydrogens (tertiary/aromatic N) is 3. The van der Waals surface area contributed by atoms with E-state index in [1.54, 1.807) is 28.1 Å². The van der Waals surface area contributed by atoms with Crippen molar-refractivity contribution in [3.8, 4) is 11.3 Å². The number of urea groups is 1. The molecule has 144 valence electrons. The van der Waals surface area contributed by atoms with Crippen LogP contribution in [0.5, 0.6) is 0 Å². The highest BCUT2D eigenvalue weighted by molar-refractivity contribution is 5.77. The van der Waals surface area contributed by atoms with E-state index >= 15 is 0 Å². The number of halogens is 1. The van der Waals surface area contributed by atoms with Crippen LogP contribution in [-0.2, 0) is 11.2 Å². The SMILES string of the molecule is CCNC(=O)N1CCN(C(=O)CCc2ncc(-c3ccc(F)cc3)o2)CC1. The Kier molecular flexibility index (Phi) is 6.05. The van der Waals surface area contributed by atoms with E-state index in [1.807, 2.05) is 6.92 Å². The Hall–Kier alpha value is -2.90. The normalized spacial score (nSPS) is 14.3. The summed E-state index contributed by atoms with van der Waals surface area (Å²) in [5, 5.41) is 2.77. The maximum absolute atomic E-state index is 13.0. The summed E-state index contributed by atoms with van der Waals surface area (Å²) >= 11 is 0. The zero-order chi connectivity index (χ0) is 19.2. The number of hydrogen-bond acceptors (Lipinski definition) is 4. The van der Waals surface area contributed by atoms with E-state index < -0.39 is 0 Å². The van der Waals surface area contributed by atoms with Crippen LogP contribution in [0.4, 0.5) is 9.18 Å². The van der Waals surface area contributed by atoms with Crippen molar-refractivity contribution < 1.29 is 18.4 Å². The summed E-state index contributed by atoms with van der Waals surface area (Å²) in [5.41, 5.74) is 0.739. The van der Waals surface area contributed by atoms with Crippen molar-refractivity contribution in [1.82, 2.24) is 20.1 Å². The molecule has 0 saturated carbocycles. The van der Waals surface area contributed by atoms with Crippen LogP contribution in [-0.4, -0.2) is 59.4 Å². The lowest BCUT2D eigenvalue weighted by Crippen LogP contribution is -2.53. The van der Waals surface area contributed by atoms with E-state index in [-0.39, 0.29) is 17.8 Å². The number of oxazole rings is 1. The van der Waals surface area contributed by atoms with Gasteiger partial charge in [0.05, 0.1) is 6.20 Å². The summed E-state index contributed by atoms with van der Waals surface area (Å²) in [6.45, 7) is 4.59. The second-order valence-corrected chi connectivity index (χ2v) is 6.33. The Balaban J connectivity index is 1.47. The van der Waals surface area contributed by atoms with Gasteiger partial charge in [0.2, 0.25) is 5.91 Å². The zero-order valence-corrected chi connectivity index (χ0v) is 15.3. The highest BCUT2D eigenvalue weighted by atomic mass is 19.1. The van der Waals surface area contributed by atoms with E-state index in [1.165, 1.54) is 12.1 Å². The Morgan fingerprint density at radius 3 is 2.48 bits per heavy atom. The summed E-state index contributed by atoms with van der Waals surface area (Å²) in [5.74, 6) is 0.736. The third-order valence-electron chi connectivity index (χ3n) is 4.48. The molecular weight excluding hydrogens is 351 g/mol. The number of aromatic nitrogens is 1. The number of rotatable bonds is 5. The number of benzene rings is 1. The van der Waals surface area contributed by atoms with Gasteiger partial charge in [0, 0.05) is 51.1 Å². The van der Waals surface area contributed by atoms with Crippen molar-refractivity contribution in [3.63, 3.8) is 0 Å². The number of hydrogen-bond donors (Lipinski definition) is 1. The Labute approximate surface area is 157 Å². The van der Waals surface area contributed by atoms with Crippen molar-refractivity contribution in [2.24, 2.45) is 0 Å². The molecule has 8 heteroatoms. The number of nitrogens with one attached hydrogen (secondary N) is 1. The van der Waals surface area contributed by atoms with Crippen LogP contribution in [0.3, 0.4) is 0 Å². The second kappa shape index (κ2) is 8.66. The lowest BCUT2D eigenvalue weighted by molar-refractivity contribution is -0.132. The molecule has 3 amide bonds. The summed E-state index contributed by atoms with van der Waals surface area (Å²) < 4.78 is 18.6. The molecule has 1 aliphatic rings. The first-order valence-corrected chi connectivity index (χ1v) is 9.08. The van der Waals surface area contributed by atoms with Crippen LogP contribution in [0.2, 0.25) is 0 Å². The van der Waals surface area contributed by atoms with Gasteiger partial charge in [0.1, 0.15) is 5.82 Å². The van der Waals surface area contributed by atoms with Gasteiger partial charge >= 0.3 is 6.03 Å². The van der Waals surface area contributed by atoms with Crippen molar-refractivity contribution in [2.75, 3.05) is 32.7 Å². The Morgan fingerprint density at radius 1 is 1.15 bits per heavy atom. The molecule has 1 saturated heterocycles. The molecule has 1 N–H and O–H groups in total. The average Bonchev–Trinajstić information content (AvgIpc) is 3.16. The summed E-state index contributed by atoms with van der Waals surface area (Å²) in [6, 6.07) is 5.89. The van der Waals surface area contributed by atoms with Gasteiger partial charge in [-0.05, 0) is 31.2 Å². The van der Waals surface area contributed by atoms with Gasteiger partial charge in [0.25, 0.3) is 0 Å². The predicted molar refractivity (Wildman–Crippen MR) is 97.4 cm³/mol. The fourth-order valence-corrected chi connectivity index (χ4v) is 2.97. The van der Waals surface area contributed by atoms with Gasteiger partial charge in [-0.1, -0.05) is 0 Å². The minimum Gasteiger partial charge on any atom is -0.441 e. The molecule has 7 nitrogen and oxygen atoms in total. The van der Waals surface area contributed by atoms with Crippen LogP contribution in [0, 0.1) is 5.82 Å². The monoisotopic (exact) mass is 374 g/mol. The maximum Gasteiger partial charge on any atom is 0.317 e. The van der Waals surface area contributed by atoms with Crippen LogP contribution < -0.4 is 5.32 Å². The first-order chi connectivity index (χ1) is 13.1. The highest BCUT2D eigenvalue weighted by Crippen LogP contribution is 2.21. The molecule has 1 fully saturated rings. The van der Waals surface area contributed by atoms with Crippen molar-refractivity contribution in [1.29, 1.82) is 0 Å². The highest BCUT2D eigenvalue weighted by Gasteiger charge is 2.23. The third kappa shape index (κ3) is 4.84. The second-order valence-electron chi connectivity index (χ2n) is 6.33.